The molecule has 3 rings (SSSR count). The Morgan fingerprint density at radius 1 is 0.909 bits per heavy atom. The maximum atomic E-state index is 13.2. The summed E-state index contributed by atoms with van der Waals surface area (Å²) < 4.78 is 0. The number of aromatic carboxylic acids is 1. The fraction of sp³-hybridized carbons (Fsp3) is 0.241. The van der Waals surface area contributed by atoms with Gasteiger partial charge in [0.25, 0.3) is 0 Å². The van der Waals surface area contributed by atoms with Crippen LogP contribution in [0.5, 0.6) is 0 Å². The van der Waals surface area contributed by atoms with Crippen molar-refractivity contribution in [2.45, 2.75) is 27.2 Å². The lowest BCUT2D eigenvalue weighted by Gasteiger charge is -2.27. The first-order chi connectivity index (χ1) is 15.5. The number of rotatable bonds is 7. The Hall–Kier alpha value is -3.66. The molecule has 3 aromatic rings. The first-order valence-corrected chi connectivity index (χ1v) is 11.0. The van der Waals surface area contributed by atoms with Gasteiger partial charge in [0.05, 0.1) is 5.56 Å². The molecule has 0 radical (unpaired) electrons. The SMILES string of the molecule is CN(C)c1c(CC(C)(C)C)cc(C(=O)/C=C/c2ccc(C(=O)O)cc2)cc1-c1ccccc1. The van der Waals surface area contributed by atoms with Crippen molar-refractivity contribution >= 4 is 23.5 Å². The van der Waals surface area contributed by atoms with Crippen molar-refractivity contribution in [3.05, 3.63) is 95.1 Å². The minimum atomic E-state index is -0.970. The van der Waals surface area contributed by atoms with Gasteiger partial charge in [0.15, 0.2) is 5.78 Å². The zero-order valence-electron chi connectivity index (χ0n) is 19.9. The van der Waals surface area contributed by atoms with Crippen LogP contribution in [0.1, 0.15) is 52.6 Å². The average molecular weight is 442 g/mol. The fourth-order valence-corrected chi connectivity index (χ4v) is 3.91. The number of nitrogens with zero attached hydrogens (tertiary/aromatic N) is 1. The van der Waals surface area contributed by atoms with E-state index in [0.717, 1.165) is 34.4 Å². The quantitative estimate of drug-likeness (QED) is 0.331. The number of carboxylic acids is 1. The summed E-state index contributed by atoms with van der Waals surface area (Å²) in [7, 11) is 4.08. The van der Waals surface area contributed by atoms with Crippen molar-refractivity contribution in [2.24, 2.45) is 5.41 Å². The summed E-state index contributed by atoms with van der Waals surface area (Å²) in [5, 5.41) is 9.05. The second-order valence-electron chi connectivity index (χ2n) is 9.65. The predicted molar refractivity (Wildman–Crippen MR) is 136 cm³/mol. The Labute approximate surface area is 196 Å². The fourth-order valence-electron chi connectivity index (χ4n) is 3.91. The predicted octanol–water partition coefficient (Wildman–Crippen LogP) is 6.60. The van der Waals surface area contributed by atoms with Crippen molar-refractivity contribution in [3.8, 4) is 11.1 Å². The van der Waals surface area contributed by atoms with Gasteiger partial charge in [-0.1, -0.05) is 69.3 Å². The molecule has 0 aromatic heterocycles. The van der Waals surface area contributed by atoms with Gasteiger partial charge in [-0.15, -0.1) is 0 Å². The summed E-state index contributed by atoms with van der Waals surface area (Å²) in [4.78, 5) is 26.3. The summed E-state index contributed by atoms with van der Waals surface area (Å²) in [6.45, 7) is 6.59. The first-order valence-electron chi connectivity index (χ1n) is 11.0. The van der Waals surface area contributed by atoms with Crippen LogP contribution in [0.3, 0.4) is 0 Å². The summed E-state index contributed by atoms with van der Waals surface area (Å²) in [6, 6.07) is 20.6. The highest BCUT2D eigenvalue weighted by atomic mass is 16.4. The summed E-state index contributed by atoms with van der Waals surface area (Å²) in [5.74, 6) is -1.06. The number of hydrogen-bond donors (Lipinski definition) is 1. The molecule has 33 heavy (non-hydrogen) atoms. The van der Waals surface area contributed by atoms with Gasteiger partial charge in [0, 0.05) is 30.9 Å². The monoisotopic (exact) mass is 441 g/mol. The van der Waals surface area contributed by atoms with E-state index < -0.39 is 5.97 Å². The Morgan fingerprint density at radius 2 is 1.55 bits per heavy atom. The highest BCUT2D eigenvalue weighted by molar-refractivity contribution is 6.08. The van der Waals surface area contributed by atoms with Gasteiger partial charge in [-0.25, -0.2) is 4.79 Å². The van der Waals surface area contributed by atoms with Gasteiger partial charge in [-0.2, -0.15) is 0 Å². The zero-order valence-corrected chi connectivity index (χ0v) is 19.9. The second-order valence-corrected chi connectivity index (χ2v) is 9.65. The largest absolute Gasteiger partial charge is 0.478 e. The van der Waals surface area contributed by atoms with Crippen LogP contribution in [-0.4, -0.2) is 31.0 Å². The number of benzene rings is 3. The Morgan fingerprint density at radius 3 is 2.09 bits per heavy atom. The highest BCUT2D eigenvalue weighted by Crippen LogP contribution is 2.37. The second kappa shape index (κ2) is 9.86. The van der Waals surface area contributed by atoms with E-state index in [4.69, 9.17) is 5.11 Å². The molecule has 0 saturated carbocycles. The molecule has 0 saturated heterocycles. The maximum Gasteiger partial charge on any atom is 0.335 e. The number of carbonyl (C=O) groups is 2. The van der Waals surface area contributed by atoms with Gasteiger partial charge in [-0.3, -0.25) is 4.79 Å². The van der Waals surface area contributed by atoms with Gasteiger partial charge in [0.1, 0.15) is 0 Å². The molecule has 0 amide bonds. The number of anilines is 1. The lowest BCUT2D eigenvalue weighted by molar-refractivity contribution is 0.0696. The van der Waals surface area contributed by atoms with E-state index in [0.29, 0.717) is 5.56 Å². The zero-order chi connectivity index (χ0) is 24.2. The van der Waals surface area contributed by atoms with Crippen LogP contribution in [-0.2, 0) is 6.42 Å². The van der Waals surface area contributed by atoms with Crippen molar-refractivity contribution in [1.82, 2.24) is 0 Å². The highest BCUT2D eigenvalue weighted by Gasteiger charge is 2.21. The normalized spacial score (nSPS) is 11.5. The summed E-state index contributed by atoms with van der Waals surface area (Å²) in [6.07, 6.45) is 4.11. The number of ketones is 1. The van der Waals surface area contributed by atoms with E-state index in [1.54, 1.807) is 24.3 Å². The molecule has 0 bridgehead atoms. The van der Waals surface area contributed by atoms with E-state index in [1.165, 1.54) is 12.1 Å². The molecule has 4 nitrogen and oxygen atoms in total. The third-order valence-corrected chi connectivity index (χ3v) is 5.31. The van der Waals surface area contributed by atoms with Crippen LogP contribution in [0.25, 0.3) is 17.2 Å². The van der Waals surface area contributed by atoms with E-state index in [2.05, 4.69) is 37.8 Å². The lowest BCUT2D eigenvalue weighted by atomic mass is 9.84. The minimum absolute atomic E-state index is 0.0577. The van der Waals surface area contributed by atoms with Gasteiger partial charge < -0.3 is 10.0 Å². The van der Waals surface area contributed by atoms with E-state index in [-0.39, 0.29) is 16.8 Å². The van der Waals surface area contributed by atoms with E-state index >= 15 is 0 Å². The Bertz CT molecular complexity index is 1170. The topological polar surface area (TPSA) is 57.6 Å². The number of carboxylic acid groups (broad SMARTS) is 1. The van der Waals surface area contributed by atoms with Crippen molar-refractivity contribution in [2.75, 3.05) is 19.0 Å². The van der Waals surface area contributed by atoms with Crippen LogP contribution in [0, 0.1) is 5.41 Å². The molecule has 0 aliphatic rings. The summed E-state index contributed by atoms with van der Waals surface area (Å²) in [5.41, 5.74) is 6.05. The number of carbonyl (C=O) groups excluding carboxylic acids is 1. The molecule has 0 heterocycles. The van der Waals surface area contributed by atoms with Gasteiger partial charge in [0.2, 0.25) is 0 Å². The molecule has 0 aliphatic carbocycles. The molecule has 170 valence electrons. The molecule has 4 heteroatoms. The van der Waals surface area contributed by atoms with Crippen LogP contribution in [0.15, 0.2) is 72.8 Å². The summed E-state index contributed by atoms with van der Waals surface area (Å²) >= 11 is 0. The van der Waals surface area contributed by atoms with Crippen molar-refractivity contribution in [3.63, 3.8) is 0 Å². The van der Waals surface area contributed by atoms with Crippen LogP contribution in [0.4, 0.5) is 5.69 Å². The van der Waals surface area contributed by atoms with Crippen LogP contribution >= 0.6 is 0 Å². The van der Waals surface area contributed by atoms with Crippen molar-refractivity contribution in [1.29, 1.82) is 0 Å². The molecular formula is C29H31NO3. The Balaban J connectivity index is 2.06. The smallest absolute Gasteiger partial charge is 0.335 e. The molecule has 0 fully saturated rings. The standard InChI is InChI=1S/C29H31NO3/c1-29(2,3)19-24-17-23(18-25(27(24)30(4)5)21-9-7-6-8-10-21)26(31)16-13-20-11-14-22(15-12-20)28(32)33/h6-18H,19H2,1-5H3,(H,32,33)/b16-13+. The molecule has 3 aromatic carbocycles. The van der Waals surface area contributed by atoms with Gasteiger partial charge >= 0.3 is 5.97 Å². The number of allylic oxidation sites excluding steroid dienone is 1. The Kier molecular flexibility index (Phi) is 7.17. The molecular weight excluding hydrogens is 410 g/mol. The molecule has 0 atom stereocenters. The van der Waals surface area contributed by atoms with Gasteiger partial charge in [-0.05, 0) is 58.9 Å². The lowest BCUT2D eigenvalue weighted by Crippen LogP contribution is -2.18. The molecule has 1 N–H and O–H groups in total. The molecule has 0 unspecified atom stereocenters. The van der Waals surface area contributed by atoms with Crippen LogP contribution < -0.4 is 4.90 Å². The molecule has 0 spiro atoms. The number of hydrogen-bond acceptors (Lipinski definition) is 3. The van der Waals surface area contributed by atoms with E-state index in [9.17, 15) is 9.59 Å². The maximum absolute atomic E-state index is 13.2. The third-order valence-electron chi connectivity index (χ3n) is 5.31. The van der Waals surface area contributed by atoms with Crippen molar-refractivity contribution < 1.29 is 14.7 Å². The van der Waals surface area contributed by atoms with E-state index in [1.807, 2.05) is 44.4 Å². The molecule has 0 aliphatic heterocycles. The van der Waals surface area contributed by atoms with Crippen LogP contribution in [0.2, 0.25) is 0 Å². The first kappa shape index (κ1) is 24.0. The average Bonchev–Trinajstić information content (AvgIpc) is 2.76. The third kappa shape index (κ3) is 6.19. The minimum Gasteiger partial charge on any atom is -0.478 e.